The van der Waals surface area contributed by atoms with Gasteiger partial charge >= 0.3 is 6.09 Å². The lowest BCUT2D eigenvalue weighted by atomic mass is 10.00. The molecule has 0 radical (unpaired) electrons. The van der Waals surface area contributed by atoms with Gasteiger partial charge in [-0.25, -0.2) is 19.2 Å². The molecule has 5 atom stereocenters. The van der Waals surface area contributed by atoms with Crippen LogP contribution in [0.1, 0.15) is 109 Å². The number of rotatable bonds is 10. The van der Waals surface area contributed by atoms with E-state index in [2.05, 4.69) is 43.0 Å². The minimum atomic E-state index is -0.719. The van der Waals surface area contributed by atoms with Gasteiger partial charge in [-0.05, 0) is 80.7 Å². The third-order valence-electron chi connectivity index (χ3n) is 13.4. The van der Waals surface area contributed by atoms with Crippen LogP contribution < -0.4 is 15.8 Å². The minimum Gasteiger partial charge on any atom is -0.469 e. The van der Waals surface area contributed by atoms with Crippen molar-refractivity contribution < 1.29 is 28.2 Å². The van der Waals surface area contributed by atoms with E-state index in [1.54, 1.807) is 17.3 Å². The van der Waals surface area contributed by atoms with Gasteiger partial charge in [-0.1, -0.05) is 46.6 Å². The van der Waals surface area contributed by atoms with Crippen molar-refractivity contribution in [1.82, 2.24) is 39.6 Å². The van der Waals surface area contributed by atoms with E-state index >= 15 is 4.39 Å². The van der Waals surface area contributed by atoms with Crippen LogP contribution in [0.4, 0.5) is 9.18 Å². The van der Waals surface area contributed by atoms with Gasteiger partial charge in [0.25, 0.3) is 0 Å². The molecule has 61 heavy (non-hydrogen) atoms. The molecule has 0 spiro atoms. The number of amides is 3. The van der Waals surface area contributed by atoms with Crippen LogP contribution in [0, 0.1) is 23.6 Å². The van der Waals surface area contributed by atoms with Gasteiger partial charge in [-0.3, -0.25) is 9.59 Å². The molecule has 5 aromatic rings. The van der Waals surface area contributed by atoms with Gasteiger partial charge in [0, 0.05) is 35.5 Å². The summed E-state index contributed by atoms with van der Waals surface area (Å²) in [5.41, 5.74) is 11.4. The van der Waals surface area contributed by atoms with E-state index in [9.17, 15) is 14.4 Å². The summed E-state index contributed by atoms with van der Waals surface area (Å²) < 4.78 is 30.5. The summed E-state index contributed by atoms with van der Waals surface area (Å²) in [4.78, 5) is 59.1. The Kier molecular flexibility index (Phi) is 10.9. The fraction of sp³-hybridized carbons (Fsp3) is 0.500. The molecule has 14 nitrogen and oxygen atoms in total. The van der Waals surface area contributed by atoms with Crippen molar-refractivity contribution in [1.29, 1.82) is 0 Å². The number of carbonyl (C=O) groups is 3. The van der Waals surface area contributed by atoms with Crippen LogP contribution in [0.5, 0.6) is 5.75 Å². The van der Waals surface area contributed by atoms with E-state index in [4.69, 9.17) is 20.2 Å². The van der Waals surface area contributed by atoms with Crippen molar-refractivity contribution in [2.75, 3.05) is 20.2 Å². The highest BCUT2D eigenvalue weighted by atomic mass is 19.1. The molecule has 9 rings (SSSR count). The highest BCUT2D eigenvalue weighted by Gasteiger charge is 2.40. The van der Waals surface area contributed by atoms with Crippen LogP contribution in [-0.4, -0.2) is 84.5 Å². The zero-order valence-electron chi connectivity index (χ0n) is 35.5. The molecule has 3 amide bonds. The third kappa shape index (κ3) is 7.33. The number of nitrogens with zero attached hydrogens (tertiary/aromatic N) is 5. The molecule has 3 aromatic heterocycles. The topological polar surface area (TPSA) is 176 Å². The van der Waals surface area contributed by atoms with Gasteiger partial charge in [-0.2, -0.15) is 0 Å². The highest BCUT2D eigenvalue weighted by Crippen LogP contribution is 2.50. The van der Waals surface area contributed by atoms with Crippen LogP contribution in [0.15, 0.2) is 48.8 Å². The van der Waals surface area contributed by atoms with Crippen LogP contribution in [0.25, 0.3) is 44.7 Å². The first-order chi connectivity index (χ1) is 29.4. The van der Waals surface area contributed by atoms with E-state index < -0.39 is 24.0 Å². The molecule has 5 unspecified atom stereocenters. The number of H-pyrrole nitrogens is 2. The quantitative estimate of drug-likeness (QED) is 0.109. The number of methoxy groups -OCH3 is 1. The predicted octanol–water partition coefficient (Wildman–Crippen LogP) is 8.00. The second kappa shape index (κ2) is 16.3. The summed E-state index contributed by atoms with van der Waals surface area (Å²) >= 11 is 0. The first-order valence-electron chi connectivity index (χ1n) is 21.9. The summed E-state index contributed by atoms with van der Waals surface area (Å²) in [6.07, 6.45) is 10.1. The number of nitrogens with one attached hydrogen (secondary N) is 3. The SMILES string of the molecule is COC(=O)NC(C(=O)N1CCCC1c1ncc(-c2ccc3c(c2)cc2n3C(C3CCCC3)Oc3cc(-c4cnc(C5CCCN5C(=O)C(N)C(C)C)[nH]4)cc(F)c3-2)[nH]1)C(C)C. The smallest absolute Gasteiger partial charge is 0.407 e. The Morgan fingerprint density at radius 3 is 2.10 bits per heavy atom. The largest absolute Gasteiger partial charge is 0.469 e. The molecular weight excluding hydrogens is 778 g/mol. The van der Waals surface area contributed by atoms with E-state index in [1.165, 1.54) is 13.2 Å². The highest BCUT2D eigenvalue weighted by molar-refractivity contribution is 5.92. The molecule has 0 bridgehead atoms. The number of halogens is 1. The Bertz CT molecular complexity index is 2470. The number of alkyl carbamates (subject to hydrolysis) is 1. The van der Waals surface area contributed by atoms with Crippen LogP contribution >= 0.6 is 0 Å². The lowest BCUT2D eigenvalue weighted by Gasteiger charge is -2.34. The number of carbonyl (C=O) groups excluding carboxylic acids is 3. The number of nitrogens with two attached hydrogens (primary N) is 1. The average Bonchev–Trinajstić information content (AvgIpc) is 4.10. The maximum absolute atomic E-state index is 16.7. The molecule has 5 N–H and O–H groups in total. The summed E-state index contributed by atoms with van der Waals surface area (Å²) in [6, 6.07) is 9.95. The van der Waals surface area contributed by atoms with E-state index in [-0.39, 0.29) is 47.9 Å². The molecule has 2 aromatic carbocycles. The Morgan fingerprint density at radius 2 is 1.48 bits per heavy atom. The van der Waals surface area contributed by atoms with Crippen molar-refractivity contribution in [2.45, 2.75) is 109 Å². The number of imidazole rings is 2. The Morgan fingerprint density at radius 1 is 0.836 bits per heavy atom. The lowest BCUT2D eigenvalue weighted by molar-refractivity contribution is -0.136. The maximum Gasteiger partial charge on any atom is 0.407 e. The van der Waals surface area contributed by atoms with Crippen molar-refractivity contribution in [2.24, 2.45) is 23.5 Å². The zero-order chi connectivity index (χ0) is 42.7. The monoisotopic (exact) mass is 833 g/mol. The van der Waals surface area contributed by atoms with Gasteiger partial charge in [0.1, 0.15) is 29.3 Å². The fourth-order valence-corrected chi connectivity index (χ4v) is 9.97. The van der Waals surface area contributed by atoms with Crippen molar-refractivity contribution in [3.8, 4) is 39.5 Å². The van der Waals surface area contributed by atoms with Crippen molar-refractivity contribution in [3.63, 3.8) is 0 Å². The number of fused-ring (bicyclic) bond motifs is 5. The second-order valence-corrected chi connectivity index (χ2v) is 17.9. The normalized spacial score (nSPS) is 21.2. The molecule has 4 aliphatic rings. The Balaban J connectivity index is 1.02. The first-order valence-corrected chi connectivity index (χ1v) is 21.9. The number of ether oxygens (including phenoxy) is 2. The average molecular weight is 834 g/mol. The summed E-state index contributed by atoms with van der Waals surface area (Å²) in [7, 11) is 1.29. The molecule has 6 heterocycles. The second-order valence-electron chi connectivity index (χ2n) is 17.9. The first kappa shape index (κ1) is 40.7. The molecule has 1 saturated carbocycles. The number of aromatic amines is 2. The summed E-state index contributed by atoms with van der Waals surface area (Å²) in [5, 5.41) is 3.66. The van der Waals surface area contributed by atoms with Gasteiger partial charge in [0.05, 0.1) is 65.8 Å². The maximum atomic E-state index is 16.7. The molecular formula is C46H56FN9O5. The molecule has 2 saturated heterocycles. The van der Waals surface area contributed by atoms with Gasteiger partial charge in [-0.15, -0.1) is 0 Å². The van der Waals surface area contributed by atoms with E-state index in [0.717, 1.165) is 79.2 Å². The summed E-state index contributed by atoms with van der Waals surface area (Å²) in [6.45, 7) is 8.89. The van der Waals surface area contributed by atoms with E-state index in [0.29, 0.717) is 47.3 Å². The standard InChI is InChI=1S/C46H56FN9O5/c1-24(2)39(48)43(57)54-16-8-12-34(54)41-50-23-32(52-41)28-19-30(47)38-36-20-29-18-27(14-15-33(29)56(36)45(61-37(38)21-28)26-10-6-7-11-26)31-22-49-42(51-31)35-13-9-17-55(35)44(58)40(25(3)4)53-46(59)60-5/h14-15,18-26,34-35,39-40,45H,6-13,16-17,48H2,1-5H3,(H,49,51)(H,50,52)(H,53,59). The van der Waals surface area contributed by atoms with Crippen molar-refractivity contribution in [3.05, 3.63) is 66.3 Å². The number of hydrogen-bond donors (Lipinski definition) is 4. The number of aromatic nitrogens is 5. The molecule has 1 aliphatic carbocycles. The molecule has 15 heteroatoms. The fourth-order valence-electron chi connectivity index (χ4n) is 9.97. The van der Waals surface area contributed by atoms with Gasteiger partial charge < -0.3 is 44.9 Å². The minimum absolute atomic E-state index is 0.0225. The number of benzene rings is 2. The Labute approximate surface area is 354 Å². The molecule has 322 valence electrons. The number of likely N-dealkylation sites (tertiary alicyclic amines) is 2. The predicted molar refractivity (Wildman–Crippen MR) is 228 cm³/mol. The van der Waals surface area contributed by atoms with Gasteiger partial charge in [0.15, 0.2) is 6.23 Å². The zero-order valence-corrected chi connectivity index (χ0v) is 35.5. The molecule has 3 fully saturated rings. The summed E-state index contributed by atoms with van der Waals surface area (Å²) in [5.74, 6) is 1.38. The molecule has 3 aliphatic heterocycles. The Hall–Kier alpha value is -5.70. The van der Waals surface area contributed by atoms with Gasteiger partial charge in [0.2, 0.25) is 11.8 Å². The van der Waals surface area contributed by atoms with E-state index in [1.807, 2.05) is 44.7 Å². The van der Waals surface area contributed by atoms with Crippen molar-refractivity contribution >= 4 is 28.8 Å². The van der Waals surface area contributed by atoms with Crippen LogP contribution in [0.3, 0.4) is 0 Å². The van der Waals surface area contributed by atoms with Crippen LogP contribution in [0.2, 0.25) is 0 Å². The number of hydrogen-bond acceptors (Lipinski definition) is 8. The lowest BCUT2D eigenvalue weighted by Crippen LogP contribution is -2.51. The third-order valence-corrected chi connectivity index (χ3v) is 13.4. The van der Waals surface area contributed by atoms with Crippen LogP contribution in [-0.2, 0) is 14.3 Å².